The maximum Gasteiger partial charge on any atom is 0.258 e. The smallest absolute Gasteiger partial charge is 0.258 e. The van der Waals surface area contributed by atoms with Crippen molar-refractivity contribution in [1.82, 2.24) is 9.97 Å². The van der Waals surface area contributed by atoms with E-state index < -0.39 is 0 Å². The predicted molar refractivity (Wildman–Crippen MR) is 90.6 cm³/mol. The normalized spacial score (nSPS) is 15.1. The molecule has 1 amide bonds. The monoisotopic (exact) mass is 347 g/mol. The van der Waals surface area contributed by atoms with Crippen molar-refractivity contribution in [3.8, 4) is 5.88 Å². The van der Waals surface area contributed by atoms with Crippen molar-refractivity contribution in [3.05, 3.63) is 46.7 Å². The van der Waals surface area contributed by atoms with Crippen LogP contribution in [0.1, 0.15) is 28.8 Å². The van der Waals surface area contributed by atoms with Crippen molar-refractivity contribution in [2.24, 2.45) is 0 Å². The fraction of sp³-hybridized carbons (Fsp3) is 0.353. The number of aromatic nitrogens is 2. The van der Waals surface area contributed by atoms with Gasteiger partial charge in [0.15, 0.2) is 0 Å². The first kappa shape index (κ1) is 16.7. The Kier molecular flexibility index (Phi) is 5.27. The highest BCUT2D eigenvalue weighted by molar-refractivity contribution is 6.32. The van der Waals surface area contributed by atoms with Crippen LogP contribution in [-0.2, 0) is 4.74 Å². The van der Waals surface area contributed by atoms with Gasteiger partial charge in [-0.05, 0) is 30.7 Å². The Balaban J connectivity index is 1.68. The number of aryl methyl sites for hydroxylation is 1. The molecule has 7 heteroatoms. The molecular weight excluding hydrogens is 330 g/mol. The lowest BCUT2D eigenvalue weighted by molar-refractivity contribution is 0.0238. The summed E-state index contributed by atoms with van der Waals surface area (Å²) in [7, 11) is 0. The number of anilines is 1. The molecule has 3 heterocycles. The van der Waals surface area contributed by atoms with Crippen LogP contribution in [0.3, 0.4) is 0 Å². The Morgan fingerprint density at radius 3 is 2.83 bits per heavy atom. The summed E-state index contributed by atoms with van der Waals surface area (Å²) in [5, 5.41) is 3.03. The molecule has 0 aliphatic carbocycles. The summed E-state index contributed by atoms with van der Waals surface area (Å²) in [5.74, 6) is 0.507. The molecule has 24 heavy (non-hydrogen) atoms. The number of rotatable bonds is 4. The van der Waals surface area contributed by atoms with Gasteiger partial charge in [0.2, 0.25) is 5.88 Å². The van der Waals surface area contributed by atoms with Crippen LogP contribution < -0.4 is 10.1 Å². The average molecular weight is 348 g/mol. The predicted octanol–water partition coefficient (Wildman–Crippen LogP) is 3.25. The molecule has 1 N–H and O–H groups in total. The van der Waals surface area contributed by atoms with Gasteiger partial charge in [-0.25, -0.2) is 9.97 Å². The number of hydrogen-bond donors (Lipinski definition) is 1. The van der Waals surface area contributed by atoms with Gasteiger partial charge < -0.3 is 14.8 Å². The molecule has 0 spiro atoms. The minimum atomic E-state index is -0.319. The van der Waals surface area contributed by atoms with Crippen molar-refractivity contribution in [2.75, 3.05) is 18.5 Å². The van der Waals surface area contributed by atoms with E-state index in [9.17, 15) is 4.79 Å². The van der Waals surface area contributed by atoms with E-state index >= 15 is 0 Å². The molecule has 126 valence electrons. The van der Waals surface area contributed by atoms with E-state index in [4.69, 9.17) is 21.1 Å². The van der Waals surface area contributed by atoms with Crippen LogP contribution >= 0.6 is 11.6 Å². The van der Waals surface area contributed by atoms with Crippen LogP contribution in [-0.4, -0.2) is 35.2 Å². The molecule has 0 atom stereocenters. The molecule has 1 saturated heterocycles. The first-order valence-electron chi connectivity index (χ1n) is 7.76. The maximum absolute atomic E-state index is 12.3. The van der Waals surface area contributed by atoms with E-state index in [1.54, 1.807) is 18.3 Å². The fourth-order valence-electron chi connectivity index (χ4n) is 2.38. The van der Waals surface area contributed by atoms with Gasteiger partial charge in [0.25, 0.3) is 5.91 Å². The second-order valence-electron chi connectivity index (χ2n) is 5.61. The second kappa shape index (κ2) is 7.59. The van der Waals surface area contributed by atoms with Gasteiger partial charge in [0.1, 0.15) is 16.9 Å². The Bertz CT molecular complexity index is 733. The number of ether oxygens (including phenoxy) is 2. The Morgan fingerprint density at radius 2 is 2.12 bits per heavy atom. The molecule has 6 nitrogen and oxygen atoms in total. The molecule has 2 aromatic rings. The van der Waals surface area contributed by atoms with Crippen LogP contribution in [0, 0.1) is 6.92 Å². The molecule has 0 saturated carbocycles. The molecule has 1 aliphatic rings. The summed E-state index contributed by atoms with van der Waals surface area (Å²) in [5.41, 5.74) is 1.36. The molecular formula is C17H18ClN3O3. The van der Waals surface area contributed by atoms with Gasteiger partial charge in [-0.15, -0.1) is 0 Å². The van der Waals surface area contributed by atoms with E-state index in [-0.39, 0.29) is 12.0 Å². The fourth-order valence-corrected chi connectivity index (χ4v) is 2.59. The minimum absolute atomic E-state index is 0.0416. The van der Waals surface area contributed by atoms with Crippen molar-refractivity contribution in [3.63, 3.8) is 0 Å². The van der Waals surface area contributed by atoms with E-state index in [1.165, 1.54) is 6.20 Å². The number of nitrogens with zero attached hydrogens (tertiary/aromatic N) is 2. The zero-order valence-corrected chi connectivity index (χ0v) is 14.0. The van der Waals surface area contributed by atoms with Crippen molar-refractivity contribution >= 4 is 23.3 Å². The summed E-state index contributed by atoms with van der Waals surface area (Å²) < 4.78 is 11.1. The van der Waals surface area contributed by atoms with E-state index in [2.05, 4.69) is 15.3 Å². The van der Waals surface area contributed by atoms with Gasteiger partial charge in [-0.1, -0.05) is 11.6 Å². The topological polar surface area (TPSA) is 73.3 Å². The van der Waals surface area contributed by atoms with Gasteiger partial charge >= 0.3 is 0 Å². The largest absolute Gasteiger partial charge is 0.473 e. The van der Waals surface area contributed by atoms with Crippen LogP contribution in [0.2, 0.25) is 5.02 Å². The number of hydrogen-bond acceptors (Lipinski definition) is 5. The number of halogens is 1. The number of nitrogens with one attached hydrogen (secondary N) is 1. The molecule has 1 fully saturated rings. The van der Waals surface area contributed by atoms with Gasteiger partial charge in [-0.2, -0.15) is 0 Å². The lowest BCUT2D eigenvalue weighted by Crippen LogP contribution is -2.26. The van der Waals surface area contributed by atoms with E-state index in [1.807, 2.05) is 13.0 Å². The van der Waals surface area contributed by atoms with Crippen molar-refractivity contribution in [2.45, 2.75) is 25.9 Å². The van der Waals surface area contributed by atoms with Crippen LogP contribution in [0.4, 0.5) is 5.82 Å². The molecule has 0 radical (unpaired) electrons. The number of carbonyl (C=O) groups excluding carboxylic acids is 1. The van der Waals surface area contributed by atoms with Gasteiger partial charge in [-0.3, -0.25) is 4.79 Å². The third-order valence-electron chi connectivity index (χ3n) is 3.67. The SMILES string of the molecule is Cc1ccnc(NC(=O)c2cnc(OC3CCOCC3)c(Cl)c2)c1. The van der Waals surface area contributed by atoms with Crippen LogP contribution in [0.5, 0.6) is 5.88 Å². The molecule has 0 unspecified atom stereocenters. The van der Waals surface area contributed by atoms with Gasteiger partial charge in [0, 0.05) is 25.2 Å². The highest BCUT2D eigenvalue weighted by Gasteiger charge is 2.18. The summed E-state index contributed by atoms with van der Waals surface area (Å²) >= 11 is 6.21. The molecule has 0 aromatic carbocycles. The Morgan fingerprint density at radius 1 is 1.33 bits per heavy atom. The lowest BCUT2D eigenvalue weighted by atomic mass is 10.1. The first-order valence-corrected chi connectivity index (χ1v) is 8.13. The van der Waals surface area contributed by atoms with Crippen molar-refractivity contribution < 1.29 is 14.3 Å². The summed E-state index contributed by atoms with van der Waals surface area (Å²) in [6, 6.07) is 5.19. The Labute approximate surface area is 145 Å². The van der Waals surface area contributed by atoms with Crippen LogP contribution in [0.25, 0.3) is 0 Å². The quantitative estimate of drug-likeness (QED) is 0.919. The van der Waals surface area contributed by atoms with Crippen molar-refractivity contribution in [1.29, 1.82) is 0 Å². The number of amides is 1. The van der Waals surface area contributed by atoms with E-state index in [0.717, 1.165) is 18.4 Å². The standard InChI is InChI=1S/C17H18ClN3O3/c1-11-2-5-19-15(8-11)21-16(22)12-9-14(18)17(20-10-12)24-13-3-6-23-7-4-13/h2,5,8-10,13H,3-4,6-7H2,1H3,(H,19,21,22). The summed E-state index contributed by atoms with van der Waals surface area (Å²) in [4.78, 5) is 20.5. The number of pyridine rings is 2. The maximum atomic E-state index is 12.3. The Hall–Kier alpha value is -2.18. The van der Waals surface area contributed by atoms with Crippen LogP contribution in [0.15, 0.2) is 30.6 Å². The number of carbonyl (C=O) groups is 1. The average Bonchev–Trinajstić information content (AvgIpc) is 2.57. The minimum Gasteiger partial charge on any atom is -0.473 e. The third kappa shape index (κ3) is 4.21. The van der Waals surface area contributed by atoms with Gasteiger partial charge in [0.05, 0.1) is 18.8 Å². The molecule has 3 rings (SSSR count). The third-order valence-corrected chi connectivity index (χ3v) is 3.94. The summed E-state index contributed by atoms with van der Waals surface area (Å²) in [6.45, 7) is 3.27. The first-order chi connectivity index (χ1) is 11.6. The lowest BCUT2D eigenvalue weighted by Gasteiger charge is -2.23. The molecule has 2 aromatic heterocycles. The molecule has 1 aliphatic heterocycles. The zero-order valence-electron chi connectivity index (χ0n) is 13.3. The summed E-state index contributed by atoms with van der Waals surface area (Å²) in [6.07, 6.45) is 4.74. The zero-order chi connectivity index (χ0) is 16.9. The highest BCUT2D eigenvalue weighted by atomic mass is 35.5. The highest BCUT2D eigenvalue weighted by Crippen LogP contribution is 2.25. The molecule has 0 bridgehead atoms. The second-order valence-corrected chi connectivity index (χ2v) is 6.02. The van der Waals surface area contributed by atoms with E-state index in [0.29, 0.717) is 35.5 Å².